The molecule has 2 heterocycles. The molecule has 0 aliphatic carbocycles. The molecule has 62 valence electrons. The molecule has 0 fully saturated rings. The van der Waals surface area contributed by atoms with E-state index in [1.165, 1.54) is 10.3 Å². The fraction of sp³-hybridized carbons (Fsp3) is 0. The van der Waals surface area contributed by atoms with E-state index in [0.29, 0.717) is 15.8 Å². The van der Waals surface area contributed by atoms with Gasteiger partial charge in [-0.25, -0.2) is 13.9 Å². The minimum atomic E-state index is 0.110. The van der Waals surface area contributed by atoms with Gasteiger partial charge in [-0.15, -0.1) is 3.89 Å². The molecule has 0 aliphatic rings. The highest BCUT2D eigenvalue weighted by Crippen LogP contribution is 2.19. The van der Waals surface area contributed by atoms with E-state index < -0.39 is 0 Å². The lowest BCUT2D eigenvalue weighted by molar-refractivity contribution is 0.919. The van der Waals surface area contributed by atoms with Gasteiger partial charge in [-0.05, 0) is 28.1 Å². The summed E-state index contributed by atoms with van der Waals surface area (Å²) in [6.45, 7) is 0. The van der Waals surface area contributed by atoms with Crippen LogP contribution in [0.5, 0.6) is 0 Å². The van der Waals surface area contributed by atoms with Gasteiger partial charge in [0.15, 0.2) is 18.0 Å². The number of hydrogen-bond acceptors (Lipinski definition) is 3. The molecule has 0 atom stereocenters. The first-order valence-electron chi connectivity index (χ1n) is 3.10. The van der Waals surface area contributed by atoms with Gasteiger partial charge < -0.3 is 0 Å². The summed E-state index contributed by atoms with van der Waals surface area (Å²) in [6, 6.07) is 3.50. The van der Waals surface area contributed by atoms with E-state index in [1.807, 2.05) is 0 Å². The van der Waals surface area contributed by atoms with E-state index in [9.17, 15) is 3.89 Å². The van der Waals surface area contributed by atoms with Crippen molar-refractivity contribution in [1.82, 2.24) is 13.9 Å². The lowest BCUT2D eigenvalue weighted by atomic mass is 10.4. The minimum Gasteiger partial charge on any atom is -0.243 e. The summed E-state index contributed by atoms with van der Waals surface area (Å²) in [5, 5.41) is 0. The third kappa shape index (κ3) is 1.21. The van der Waals surface area contributed by atoms with E-state index >= 15 is 0 Å². The van der Waals surface area contributed by atoms with Gasteiger partial charge in [0.05, 0.1) is 0 Å². The summed E-state index contributed by atoms with van der Waals surface area (Å²) in [5.41, 5.74) is 1.21. The first kappa shape index (κ1) is 8.00. The zero-order chi connectivity index (χ0) is 8.55. The molecule has 0 aromatic carbocycles. The predicted molar refractivity (Wildman–Crippen MR) is 49.3 cm³/mol. The van der Waals surface area contributed by atoms with Crippen molar-refractivity contribution in [3.05, 3.63) is 23.1 Å². The van der Waals surface area contributed by atoms with Crippen LogP contribution in [0.25, 0.3) is 11.2 Å². The molecule has 0 saturated heterocycles. The zero-order valence-electron chi connectivity index (χ0n) is 5.74. The standard InChI is InChI=1S/C6H3BrFN3S/c7-5-2-1-4-6(10-5)9-3-11(4)12-8/h1-3H. The summed E-state index contributed by atoms with van der Waals surface area (Å²) in [5.74, 6) is 0. The van der Waals surface area contributed by atoms with Crippen LogP contribution >= 0.6 is 28.3 Å². The van der Waals surface area contributed by atoms with Gasteiger partial charge in [0.1, 0.15) is 16.4 Å². The third-order valence-electron chi connectivity index (χ3n) is 1.42. The van der Waals surface area contributed by atoms with E-state index in [1.54, 1.807) is 12.1 Å². The van der Waals surface area contributed by atoms with Gasteiger partial charge in [-0.3, -0.25) is 0 Å². The SMILES string of the molecule is FSn1cnc2nc(Br)ccc21. The summed E-state index contributed by atoms with van der Waals surface area (Å²) in [4.78, 5) is 7.96. The maximum absolute atomic E-state index is 12.2. The normalized spacial score (nSPS) is 10.8. The first-order chi connectivity index (χ1) is 5.81. The van der Waals surface area contributed by atoms with Crippen molar-refractivity contribution in [2.75, 3.05) is 0 Å². The number of nitrogens with zero attached hydrogens (tertiary/aromatic N) is 3. The number of pyridine rings is 1. The maximum Gasteiger partial charge on any atom is 0.179 e. The topological polar surface area (TPSA) is 30.7 Å². The molecule has 2 aromatic rings. The molecular weight excluding hydrogens is 245 g/mol. The molecule has 6 heteroatoms. The summed E-state index contributed by atoms with van der Waals surface area (Å²) in [6.07, 6.45) is 1.40. The first-order valence-corrected chi connectivity index (χ1v) is 4.56. The lowest BCUT2D eigenvalue weighted by Crippen LogP contribution is -1.81. The van der Waals surface area contributed by atoms with Gasteiger partial charge in [0, 0.05) is 0 Å². The highest BCUT2D eigenvalue weighted by molar-refractivity contribution is 9.10. The Morgan fingerprint density at radius 3 is 3.08 bits per heavy atom. The second-order valence-electron chi connectivity index (χ2n) is 2.12. The van der Waals surface area contributed by atoms with Crippen molar-refractivity contribution in [3.63, 3.8) is 0 Å². The number of hydrogen-bond donors (Lipinski definition) is 0. The van der Waals surface area contributed by atoms with Gasteiger partial charge in [0.2, 0.25) is 0 Å². The minimum absolute atomic E-state index is 0.110. The van der Waals surface area contributed by atoms with Crippen LogP contribution in [0.4, 0.5) is 3.89 Å². The Kier molecular flexibility index (Phi) is 2.02. The molecule has 2 rings (SSSR count). The number of rotatable bonds is 1. The Balaban J connectivity index is 2.73. The third-order valence-corrected chi connectivity index (χ3v) is 2.30. The average Bonchev–Trinajstić information content (AvgIpc) is 2.46. The Hall–Kier alpha value is -0.620. The van der Waals surface area contributed by atoms with Gasteiger partial charge in [-0.1, -0.05) is 0 Å². The zero-order valence-corrected chi connectivity index (χ0v) is 8.14. The van der Waals surface area contributed by atoms with Crippen molar-refractivity contribution in [1.29, 1.82) is 0 Å². The van der Waals surface area contributed by atoms with Crippen molar-refractivity contribution in [3.8, 4) is 0 Å². The molecule has 0 bridgehead atoms. The molecule has 0 unspecified atom stereocenters. The number of fused-ring (bicyclic) bond motifs is 1. The number of imidazole rings is 1. The second-order valence-corrected chi connectivity index (χ2v) is 3.46. The molecule has 0 spiro atoms. The Morgan fingerprint density at radius 1 is 1.50 bits per heavy atom. The fourth-order valence-corrected chi connectivity index (χ4v) is 1.51. The average molecular weight is 248 g/mol. The molecule has 0 saturated carbocycles. The molecule has 0 radical (unpaired) electrons. The van der Waals surface area contributed by atoms with Crippen LogP contribution in [0.15, 0.2) is 23.1 Å². The fourth-order valence-electron chi connectivity index (χ4n) is 0.909. The second kappa shape index (κ2) is 3.02. The molecular formula is C6H3BrFN3S. The van der Waals surface area contributed by atoms with E-state index in [0.717, 1.165) is 0 Å². The number of halogens is 2. The maximum atomic E-state index is 12.2. The molecule has 12 heavy (non-hydrogen) atoms. The van der Waals surface area contributed by atoms with Crippen molar-refractivity contribution < 1.29 is 3.89 Å². The highest BCUT2D eigenvalue weighted by Gasteiger charge is 2.03. The Morgan fingerprint density at radius 2 is 2.33 bits per heavy atom. The molecule has 2 aromatic heterocycles. The van der Waals surface area contributed by atoms with Crippen molar-refractivity contribution in [2.24, 2.45) is 0 Å². The van der Waals surface area contributed by atoms with Crippen LogP contribution in [0, 0.1) is 0 Å². The van der Waals surface area contributed by atoms with Crippen LogP contribution < -0.4 is 0 Å². The van der Waals surface area contributed by atoms with E-state index in [2.05, 4.69) is 25.9 Å². The van der Waals surface area contributed by atoms with Crippen LogP contribution in [0.2, 0.25) is 0 Å². The Bertz CT molecular complexity index is 416. The van der Waals surface area contributed by atoms with Crippen molar-refractivity contribution >= 4 is 39.4 Å². The monoisotopic (exact) mass is 247 g/mol. The molecule has 0 aliphatic heterocycles. The predicted octanol–water partition coefficient (Wildman–Crippen LogP) is 2.57. The van der Waals surface area contributed by atoms with Crippen LogP contribution in [0.3, 0.4) is 0 Å². The largest absolute Gasteiger partial charge is 0.243 e. The summed E-state index contributed by atoms with van der Waals surface area (Å²) >= 11 is 3.31. The summed E-state index contributed by atoms with van der Waals surface area (Å²) < 4.78 is 14.2. The molecule has 3 nitrogen and oxygen atoms in total. The molecule has 0 amide bonds. The van der Waals surface area contributed by atoms with Crippen LogP contribution in [-0.2, 0) is 0 Å². The highest BCUT2D eigenvalue weighted by atomic mass is 79.9. The van der Waals surface area contributed by atoms with Gasteiger partial charge in [-0.2, -0.15) is 0 Å². The van der Waals surface area contributed by atoms with Crippen molar-refractivity contribution in [2.45, 2.75) is 0 Å². The molecule has 0 N–H and O–H groups in total. The lowest BCUT2D eigenvalue weighted by Gasteiger charge is -1.92. The summed E-state index contributed by atoms with van der Waals surface area (Å²) in [7, 11) is 0. The van der Waals surface area contributed by atoms with Crippen LogP contribution in [-0.4, -0.2) is 13.9 Å². The smallest absolute Gasteiger partial charge is 0.179 e. The Labute approximate surface area is 80.6 Å². The van der Waals surface area contributed by atoms with E-state index in [-0.39, 0.29) is 12.3 Å². The van der Waals surface area contributed by atoms with Crippen LogP contribution in [0.1, 0.15) is 0 Å². The van der Waals surface area contributed by atoms with Gasteiger partial charge >= 0.3 is 0 Å². The van der Waals surface area contributed by atoms with Gasteiger partial charge in [0.25, 0.3) is 0 Å². The quantitative estimate of drug-likeness (QED) is 0.726. The van der Waals surface area contributed by atoms with E-state index in [4.69, 9.17) is 0 Å². The number of aromatic nitrogens is 3.